The Kier molecular flexibility index (Phi) is 5.45. The van der Waals surface area contributed by atoms with Gasteiger partial charge in [0.25, 0.3) is 0 Å². The smallest absolute Gasteiger partial charge is 0.316 e. The minimum atomic E-state index is -0.431. The molecule has 0 N–H and O–H groups in total. The summed E-state index contributed by atoms with van der Waals surface area (Å²) in [6.45, 7) is 2.37. The van der Waals surface area contributed by atoms with E-state index in [0.29, 0.717) is 16.9 Å². The predicted octanol–water partition coefficient (Wildman–Crippen LogP) is 4.43. The highest BCUT2D eigenvalue weighted by molar-refractivity contribution is 8.19. The maximum Gasteiger partial charge on any atom is 0.316 e. The molecule has 4 nitrogen and oxygen atoms in total. The van der Waals surface area contributed by atoms with Crippen molar-refractivity contribution in [1.29, 1.82) is 0 Å². The standard InChI is InChI=1S/C21H21NO3S2/c1-14-2-6-17(7-3-14)22-13-16(12-19(22)23)20(24)25-18-8-4-15(5-9-18)21-26-10-11-27-21/h2-9,16,21H,10-13H2,1H3. The lowest BCUT2D eigenvalue weighted by molar-refractivity contribution is -0.139. The van der Waals surface area contributed by atoms with Crippen LogP contribution in [0.1, 0.15) is 22.1 Å². The maximum absolute atomic E-state index is 12.5. The van der Waals surface area contributed by atoms with Crippen LogP contribution in [-0.4, -0.2) is 29.9 Å². The Labute approximate surface area is 167 Å². The van der Waals surface area contributed by atoms with E-state index in [-0.39, 0.29) is 18.3 Å². The molecule has 2 fully saturated rings. The van der Waals surface area contributed by atoms with E-state index in [1.54, 1.807) is 4.90 Å². The maximum atomic E-state index is 12.5. The van der Waals surface area contributed by atoms with Gasteiger partial charge in [-0.15, -0.1) is 23.5 Å². The number of nitrogens with zero attached hydrogens (tertiary/aromatic N) is 1. The molecule has 0 saturated carbocycles. The van der Waals surface area contributed by atoms with Crippen LogP contribution in [0.15, 0.2) is 48.5 Å². The SMILES string of the molecule is Cc1ccc(N2CC(C(=O)Oc3ccc(C4SCCS4)cc3)CC2=O)cc1. The van der Waals surface area contributed by atoms with Crippen LogP contribution in [0.3, 0.4) is 0 Å². The predicted molar refractivity (Wildman–Crippen MR) is 111 cm³/mol. The fourth-order valence-corrected chi connectivity index (χ4v) is 6.14. The van der Waals surface area contributed by atoms with Gasteiger partial charge < -0.3 is 9.64 Å². The summed E-state index contributed by atoms with van der Waals surface area (Å²) in [4.78, 5) is 26.5. The average molecular weight is 400 g/mol. The molecular formula is C21H21NO3S2. The van der Waals surface area contributed by atoms with Gasteiger partial charge >= 0.3 is 5.97 Å². The first-order chi connectivity index (χ1) is 13.1. The third-order valence-corrected chi connectivity index (χ3v) is 7.90. The summed E-state index contributed by atoms with van der Waals surface area (Å²) in [6.07, 6.45) is 0.195. The third-order valence-electron chi connectivity index (χ3n) is 4.80. The number of ether oxygens (including phenoxy) is 1. The Bertz CT molecular complexity index is 830. The van der Waals surface area contributed by atoms with Crippen molar-refractivity contribution < 1.29 is 14.3 Å². The minimum Gasteiger partial charge on any atom is -0.426 e. The zero-order chi connectivity index (χ0) is 18.8. The van der Waals surface area contributed by atoms with Crippen molar-refractivity contribution in [2.45, 2.75) is 17.9 Å². The van der Waals surface area contributed by atoms with Gasteiger partial charge in [0.1, 0.15) is 5.75 Å². The number of aryl methyl sites for hydroxylation is 1. The van der Waals surface area contributed by atoms with E-state index in [9.17, 15) is 9.59 Å². The minimum absolute atomic E-state index is 0.0357. The van der Waals surface area contributed by atoms with Crippen LogP contribution in [-0.2, 0) is 9.59 Å². The second-order valence-corrected chi connectivity index (χ2v) is 9.53. The Morgan fingerprint density at radius 2 is 1.70 bits per heavy atom. The van der Waals surface area contributed by atoms with Crippen molar-refractivity contribution in [3.63, 3.8) is 0 Å². The van der Waals surface area contributed by atoms with Crippen LogP contribution < -0.4 is 9.64 Å². The van der Waals surface area contributed by atoms with Gasteiger partial charge in [-0.05, 0) is 36.8 Å². The first kappa shape index (κ1) is 18.4. The zero-order valence-electron chi connectivity index (χ0n) is 15.1. The molecule has 140 valence electrons. The molecular weight excluding hydrogens is 378 g/mol. The molecule has 27 heavy (non-hydrogen) atoms. The molecule has 2 aliphatic rings. The highest BCUT2D eigenvalue weighted by Gasteiger charge is 2.36. The van der Waals surface area contributed by atoms with Crippen molar-refractivity contribution in [1.82, 2.24) is 0 Å². The molecule has 0 bridgehead atoms. The molecule has 2 saturated heterocycles. The summed E-state index contributed by atoms with van der Waals surface area (Å²) in [6, 6.07) is 15.5. The van der Waals surface area contributed by atoms with Crippen molar-refractivity contribution >= 4 is 41.1 Å². The topological polar surface area (TPSA) is 46.6 Å². The van der Waals surface area contributed by atoms with E-state index in [1.807, 2.05) is 79.0 Å². The van der Waals surface area contributed by atoms with Crippen LogP contribution in [0.4, 0.5) is 5.69 Å². The monoisotopic (exact) mass is 399 g/mol. The van der Waals surface area contributed by atoms with E-state index >= 15 is 0 Å². The summed E-state index contributed by atoms with van der Waals surface area (Å²) in [5.41, 5.74) is 3.22. The van der Waals surface area contributed by atoms with Gasteiger partial charge in [0.05, 0.1) is 10.5 Å². The van der Waals surface area contributed by atoms with E-state index in [2.05, 4.69) is 0 Å². The summed E-state index contributed by atoms with van der Waals surface area (Å²) >= 11 is 3.89. The lowest BCUT2D eigenvalue weighted by Gasteiger charge is -2.16. The molecule has 0 spiro atoms. The molecule has 0 radical (unpaired) electrons. The molecule has 0 aliphatic carbocycles. The summed E-state index contributed by atoms with van der Waals surface area (Å²) in [7, 11) is 0. The molecule has 2 aromatic carbocycles. The number of rotatable bonds is 4. The zero-order valence-corrected chi connectivity index (χ0v) is 16.7. The Hall–Kier alpha value is -1.92. The van der Waals surface area contributed by atoms with Crippen molar-refractivity contribution in [3.05, 3.63) is 59.7 Å². The lowest BCUT2D eigenvalue weighted by Crippen LogP contribution is -2.27. The summed E-state index contributed by atoms with van der Waals surface area (Å²) in [5, 5.41) is 0. The molecule has 1 amide bonds. The van der Waals surface area contributed by atoms with Crippen LogP contribution >= 0.6 is 23.5 Å². The molecule has 6 heteroatoms. The van der Waals surface area contributed by atoms with Crippen molar-refractivity contribution in [3.8, 4) is 5.75 Å². The second-order valence-electron chi connectivity index (χ2n) is 6.80. The van der Waals surface area contributed by atoms with Gasteiger partial charge in [-0.25, -0.2) is 0 Å². The van der Waals surface area contributed by atoms with Crippen molar-refractivity contribution in [2.24, 2.45) is 5.92 Å². The Morgan fingerprint density at radius 1 is 1.04 bits per heavy atom. The Balaban J connectivity index is 1.38. The van der Waals surface area contributed by atoms with Gasteiger partial charge in [-0.2, -0.15) is 0 Å². The van der Waals surface area contributed by atoms with Gasteiger partial charge in [0.2, 0.25) is 5.91 Å². The third kappa shape index (κ3) is 4.17. The molecule has 4 rings (SSSR count). The van der Waals surface area contributed by atoms with Crippen LogP contribution in [0.5, 0.6) is 5.75 Å². The van der Waals surface area contributed by atoms with E-state index in [1.165, 1.54) is 17.1 Å². The molecule has 2 aromatic rings. The molecule has 2 aliphatic heterocycles. The number of benzene rings is 2. The van der Waals surface area contributed by atoms with Crippen molar-refractivity contribution in [2.75, 3.05) is 23.0 Å². The Morgan fingerprint density at radius 3 is 2.37 bits per heavy atom. The van der Waals surface area contributed by atoms with Gasteiger partial charge in [0.15, 0.2) is 0 Å². The van der Waals surface area contributed by atoms with Crippen LogP contribution in [0.2, 0.25) is 0 Å². The summed E-state index contributed by atoms with van der Waals surface area (Å²) < 4.78 is 6.01. The number of esters is 1. The molecule has 1 unspecified atom stereocenters. The number of carbonyl (C=O) groups is 2. The number of anilines is 1. The normalized spacial score (nSPS) is 20.3. The van der Waals surface area contributed by atoms with Gasteiger partial charge in [0, 0.05) is 30.2 Å². The van der Waals surface area contributed by atoms with Crippen LogP contribution in [0, 0.1) is 12.8 Å². The molecule has 1 atom stereocenters. The fraction of sp³-hybridized carbons (Fsp3) is 0.333. The average Bonchev–Trinajstić information content (AvgIpc) is 3.33. The summed E-state index contributed by atoms with van der Waals surface area (Å²) in [5.74, 6) is 2.09. The quantitative estimate of drug-likeness (QED) is 0.562. The number of carbonyl (C=O) groups excluding carboxylic acids is 2. The second kappa shape index (κ2) is 7.98. The van der Waals surface area contributed by atoms with E-state index in [0.717, 1.165) is 11.3 Å². The number of hydrogen-bond acceptors (Lipinski definition) is 5. The largest absolute Gasteiger partial charge is 0.426 e. The highest BCUT2D eigenvalue weighted by Crippen LogP contribution is 2.45. The lowest BCUT2D eigenvalue weighted by atomic mass is 10.1. The highest BCUT2D eigenvalue weighted by atomic mass is 32.2. The van der Waals surface area contributed by atoms with E-state index in [4.69, 9.17) is 4.74 Å². The first-order valence-electron chi connectivity index (χ1n) is 9.02. The van der Waals surface area contributed by atoms with Crippen LogP contribution in [0.25, 0.3) is 0 Å². The number of thioether (sulfide) groups is 2. The number of hydrogen-bond donors (Lipinski definition) is 0. The van der Waals surface area contributed by atoms with E-state index < -0.39 is 5.92 Å². The number of amides is 1. The molecule has 2 heterocycles. The van der Waals surface area contributed by atoms with Gasteiger partial charge in [-0.3, -0.25) is 9.59 Å². The van der Waals surface area contributed by atoms with Gasteiger partial charge in [-0.1, -0.05) is 29.8 Å². The fourth-order valence-electron chi connectivity index (χ4n) is 3.28. The first-order valence-corrected chi connectivity index (χ1v) is 11.1. The molecule has 0 aromatic heterocycles.